The molecule has 2 unspecified atom stereocenters. The standard InChI is InChI=1S/C20H19N3O4/c24-18(12-23-17-9-5-4-8-16(17)21-20(23)27)22-10-14(15(11-22)19(25)26)13-6-2-1-3-7-13/h1-9,14-15H,10-12H2,(H,21,27)(H,25,26). The quantitative estimate of drug-likeness (QED) is 0.735. The van der Waals surface area contributed by atoms with Crippen LogP contribution < -0.4 is 5.69 Å². The van der Waals surface area contributed by atoms with Crippen LogP contribution in [0, 0.1) is 5.92 Å². The highest BCUT2D eigenvalue weighted by atomic mass is 16.4. The number of rotatable bonds is 4. The van der Waals surface area contributed by atoms with Crippen molar-refractivity contribution < 1.29 is 14.7 Å². The maximum atomic E-state index is 12.8. The lowest BCUT2D eigenvalue weighted by Crippen LogP contribution is -2.35. The van der Waals surface area contributed by atoms with E-state index in [2.05, 4.69) is 4.98 Å². The molecule has 2 heterocycles. The number of carboxylic acids is 1. The van der Waals surface area contributed by atoms with Gasteiger partial charge in [-0.05, 0) is 17.7 Å². The molecular weight excluding hydrogens is 346 g/mol. The second-order valence-electron chi connectivity index (χ2n) is 6.79. The molecule has 1 saturated heterocycles. The van der Waals surface area contributed by atoms with Crippen LogP contribution in [0.2, 0.25) is 0 Å². The molecular formula is C20H19N3O4. The summed E-state index contributed by atoms with van der Waals surface area (Å²) in [5.41, 5.74) is 1.88. The maximum absolute atomic E-state index is 12.8. The monoisotopic (exact) mass is 365 g/mol. The summed E-state index contributed by atoms with van der Waals surface area (Å²) in [5.74, 6) is -2.08. The summed E-state index contributed by atoms with van der Waals surface area (Å²) in [6, 6.07) is 16.6. The summed E-state index contributed by atoms with van der Waals surface area (Å²) < 4.78 is 1.39. The Hall–Kier alpha value is -3.35. The van der Waals surface area contributed by atoms with E-state index >= 15 is 0 Å². The molecule has 1 amide bonds. The lowest BCUT2D eigenvalue weighted by atomic mass is 9.89. The Morgan fingerprint density at radius 2 is 1.74 bits per heavy atom. The number of likely N-dealkylation sites (tertiary alicyclic amines) is 1. The number of nitrogens with zero attached hydrogens (tertiary/aromatic N) is 2. The predicted octanol–water partition coefficient (Wildman–Crippen LogP) is 1.66. The molecule has 0 bridgehead atoms. The van der Waals surface area contributed by atoms with Gasteiger partial charge in [-0.3, -0.25) is 14.2 Å². The van der Waals surface area contributed by atoms with E-state index in [9.17, 15) is 19.5 Å². The van der Waals surface area contributed by atoms with E-state index in [1.54, 1.807) is 23.1 Å². The summed E-state index contributed by atoms with van der Waals surface area (Å²) >= 11 is 0. The minimum absolute atomic E-state index is 0.114. The summed E-state index contributed by atoms with van der Waals surface area (Å²) in [5, 5.41) is 9.59. The third kappa shape index (κ3) is 3.12. The van der Waals surface area contributed by atoms with Crippen LogP contribution in [0.3, 0.4) is 0 Å². The van der Waals surface area contributed by atoms with Gasteiger partial charge in [-0.25, -0.2) is 4.79 Å². The normalized spacial score (nSPS) is 19.5. The highest BCUT2D eigenvalue weighted by molar-refractivity contribution is 5.82. The van der Waals surface area contributed by atoms with E-state index in [-0.39, 0.29) is 30.6 Å². The van der Waals surface area contributed by atoms with Crippen molar-refractivity contribution in [3.05, 3.63) is 70.6 Å². The van der Waals surface area contributed by atoms with Crippen molar-refractivity contribution in [3.8, 4) is 0 Å². The minimum atomic E-state index is -0.914. The van der Waals surface area contributed by atoms with Gasteiger partial charge in [-0.1, -0.05) is 42.5 Å². The number of carbonyl (C=O) groups is 2. The first kappa shape index (κ1) is 17.1. The fourth-order valence-corrected chi connectivity index (χ4v) is 3.79. The van der Waals surface area contributed by atoms with Crippen LogP contribution in [0.1, 0.15) is 11.5 Å². The zero-order valence-corrected chi connectivity index (χ0v) is 14.5. The number of hydrogen-bond donors (Lipinski definition) is 2. The second-order valence-corrected chi connectivity index (χ2v) is 6.79. The Labute approximate surface area is 154 Å². The Bertz CT molecular complexity index is 1050. The fraction of sp³-hybridized carbons (Fsp3) is 0.250. The van der Waals surface area contributed by atoms with Crippen molar-refractivity contribution in [2.75, 3.05) is 13.1 Å². The first-order chi connectivity index (χ1) is 13.0. The number of H-pyrrole nitrogens is 1. The van der Waals surface area contributed by atoms with Crippen LogP contribution in [0.25, 0.3) is 11.0 Å². The number of aromatic nitrogens is 2. The van der Waals surface area contributed by atoms with Gasteiger partial charge in [0.2, 0.25) is 5.91 Å². The van der Waals surface area contributed by atoms with Crippen LogP contribution in [-0.4, -0.2) is 44.5 Å². The second kappa shape index (κ2) is 6.75. The molecule has 1 fully saturated rings. The molecule has 1 aliphatic heterocycles. The van der Waals surface area contributed by atoms with Crippen molar-refractivity contribution in [2.24, 2.45) is 5.92 Å². The molecule has 0 radical (unpaired) electrons. The molecule has 4 rings (SSSR count). The number of hydrogen-bond acceptors (Lipinski definition) is 3. The lowest BCUT2D eigenvalue weighted by Gasteiger charge is -2.17. The molecule has 0 spiro atoms. The average Bonchev–Trinajstić information content (AvgIpc) is 3.25. The van der Waals surface area contributed by atoms with Gasteiger partial charge in [-0.2, -0.15) is 0 Å². The maximum Gasteiger partial charge on any atom is 0.326 e. The average molecular weight is 365 g/mol. The zero-order chi connectivity index (χ0) is 19.0. The zero-order valence-electron chi connectivity index (χ0n) is 14.5. The number of imidazole rings is 1. The van der Waals surface area contributed by atoms with Gasteiger partial charge in [0.1, 0.15) is 6.54 Å². The molecule has 0 aliphatic carbocycles. The van der Waals surface area contributed by atoms with E-state index < -0.39 is 11.9 Å². The van der Waals surface area contributed by atoms with Gasteiger partial charge >= 0.3 is 11.7 Å². The fourth-order valence-electron chi connectivity index (χ4n) is 3.79. The SMILES string of the molecule is O=C(O)C1CN(C(=O)Cn2c(=O)[nH]c3ccccc32)CC1c1ccccc1. The van der Waals surface area contributed by atoms with Crippen LogP contribution in [-0.2, 0) is 16.1 Å². The molecule has 7 heteroatoms. The number of fused-ring (bicyclic) bond motifs is 1. The van der Waals surface area contributed by atoms with E-state index in [4.69, 9.17) is 0 Å². The summed E-state index contributed by atoms with van der Waals surface area (Å²) in [6.07, 6.45) is 0. The Kier molecular flexibility index (Phi) is 4.27. The van der Waals surface area contributed by atoms with Crippen LogP contribution in [0.4, 0.5) is 0 Å². The van der Waals surface area contributed by atoms with Crippen molar-refractivity contribution in [2.45, 2.75) is 12.5 Å². The van der Waals surface area contributed by atoms with Gasteiger partial charge in [-0.15, -0.1) is 0 Å². The van der Waals surface area contributed by atoms with Crippen LogP contribution in [0.15, 0.2) is 59.4 Å². The number of nitrogens with one attached hydrogen (secondary N) is 1. The predicted molar refractivity (Wildman–Crippen MR) is 99.4 cm³/mol. The van der Waals surface area contributed by atoms with Gasteiger partial charge < -0.3 is 15.0 Å². The molecule has 2 atom stereocenters. The van der Waals surface area contributed by atoms with Gasteiger partial charge in [0.05, 0.1) is 17.0 Å². The van der Waals surface area contributed by atoms with Gasteiger partial charge in [0, 0.05) is 19.0 Å². The third-order valence-electron chi connectivity index (χ3n) is 5.19. The van der Waals surface area contributed by atoms with Crippen molar-refractivity contribution in [1.29, 1.82) is 0 Å². The lowest BCUT2D eigenvalue weighted by molar-refractivity contribution is -0.141. The summed E-state index contributed by atoms with van der Waals surface area (Å²) in [7, 11) is 0. The van der Waals surface area contributed by atoms with E-state index in [1.807, 2.05) is 36.4 Å². The minimum Gasteiger partial charge on any atom is -0.481 e. The molecule has 27 heavy (non-hydrogen) atoms. The highest BCUT2D eigenvalue weighted by Crippen LogP contribution is 2.33. The Morgan fingerprint density at radius 1 is 1.04 bits per heavy atom. The van der Waals surface area contributed by atoms with Gasteiger partial charge in [0.15, 0.2) is 0 Å². The van der Waals surface area contributed by atoms with Crippen LogP contribution >= 0.6 is 0 Å². The Balaban J connectivity index is 1.58. The molecule has 138 valence electrons. The highest BCUT2D eigenvalue weighted by Gasteiger charge is 2.40. The van der Waals surface area contributed by atoms with Gasteiger partial charge in [0.25, 0.3) is 0 Å². The topological polar surface area (TPSA) is 95.4 Å². The smallest absolute Gasteiger partial charge is 0.326 e. The number of carboxylic acid groups (broad SMARTS) is 1. The Morgan fingerprint density at radius 3 is 2.48 bits per heavy atom. The van der Waals surface area contributed by atoms with E-state index in [0.717, 1.165) is 5.56 Å². The summed E-state index contributed by atoms with van der Waals surface area (Å²) in [6.45, 7) is 0.360. The molecule has 1 aromatic heterocycles. The summed E-state index contributed by atoms with van der Waals surface area (Å²) in [4.78, 5) is 41.0. The van der Waals surface area contributed by atoms with E-state index in [0.29, 0.717) is 17.6 Å². The van der Waals surface area contributed by atoms with Crippen molar-refractivity contribution in [1.82, 2.24) is 14.5 Å². The molecule has 0 saturated carbocycles. The molecule has 7 nitrogen and oxygen atoms in total. The first-order valence-corrected chi connectivity index (χ1v) is 8.77. The first-order valence-electron chi connectivity index (χ1n) is 8.77. The molecule has 1 aliphatic rings. The largest absolute Gasteiger partial charge is 0.481 e. The van der Waals surface area contributed by atoms with Crippen molar-refractivity contribution in [3.63, 3.8) is 0 Å². The van der Waals surface area contributed by atoms with E-state index in [1.165, 1.54) is 4.57 Å². The number of carbonyl (C=O) groups excluding carboxylic acids is 1. The number of aromatic amines is 1. The third-order valence-corrected chi connectivity index (χ3v) is 5.19. The van der Waals surface area contributed by atoms with Crippen molar-refractivity contribution >= 4 is 22.9 Å². The number of aliphatic carboxylic acids is 1. The number of amides is 1. The number of benzene rings is 2. The number of para-hydroxylation sites is 2. The molecule has 2 N–H and O–H groups in total. The van der Waals surface area contributed by atoms with Crippen LogP contribution in [0.5, 0.6) is 0 Å². The molecule has 2 aromatic carbocycles. The molecule has 3 aromatic rings.